The van der Waals surface area contributed by atoms with Crippen molar-refractivity contribution < 1.29 is 44.5 Å². The van der Waals surface area contributed by atoms with Crippen molar-refractivity contribution in [3.05, 3.63) is 11.8 Å². The van der Waals surface area contributed by atoms with Crippen LogP contribution in [-0.2, 0) is 19.0 Å². The zero-order chi connectivity index (χ0) is 31.7. The molecule has 0 aromatic carbocycles. The summed E-state index contributed by atoms with van der Waals surface area (Å²) in [5.74, 6) is -1.22. The van der Waals surface area contributed by atoms with Crippen LogP contribution in [0.5, 0.6) is 0 Å². The first-order chi connectivity index (χ1) is 20.2. The third-order valence-corrected chi connectivity index (χ3v) is 8.79. The van der Waals surface area contributed by atoms with E-state index in [1.165, 1.54) is 6.92 Å². The van der Waals surface area contributed by atoms with Gasteiger partial charge in [0.2, 0.25) is 0 Å². The van der Waals surface area contributed by atoms with Crippen LogP contribution in [0, 0.1) is 5.92 Å². The third-order valence-electron chi connectivity index (χ3n) is 8.79. The Balaban J connectivity index is 1.57. The van der Waals surface area contributed by atoms with Crippen molar-refractivity contribution in [2.45, 2.75) is 98.3 Å². The number of aliphatic imine (C=N–C) groups is 1. The lowest BCUT2D eigenvalue weighted by molar-refractivity contribution is -0.297. The number of aliphatic hydroxyl groups is 5. The van der Waals surface area contributed by atoms with E-state index in [-0.39, 0.29) is 32.0 Å². The number of carbonyl (C=O) groups is 1. The van der Waals surface area contributed by atoms with Crippen LogP contribution in [0.2, 0.25) is 0 Å². The van der Waals surface area contributed by atoms with Crippen LogP contribution >= 0.6 is 0 Å². The Bertz CT molecular complexity index is 1050. The fourth-order valence-electron chi connectivity index (χ4n) is 6.36. The number of likely N-dealkylation sites (N-methyl/N-ethyl adjacent to an activating group) is 1. The van der Waals surface area contributed by atoms with Crippen LogP contribution in [-0.4, -0.2) is 143 Å². The van der Waals surface area contributed by atoms with Gasteiger partial charge in [0.1, 0.15) is 29.7 Å². The number of nitrogens with zero attached hydrogens (tertiary/aromatic N) is 1. The van der Waals surface area contributed by atoms with Crippen LogP contribution in [0.3, 0.4) is 0 Å². The smallest absolute Gasteiger partial charge is 0.254 e. The van der Waals surface area contributed by atoms with Crippen LogP contribution in [0.1, 0.15) is 26.2 Å². The Morgan fingerprint density at radius 2 is 1.93 bits per heavy atom. The SMILES string of the molecule is CN[C@@H]1[C@@H](O)[C@@H](O[C@H]2[C@H](NC(=O)C3(O)CC3N=C(N)N)C[C@H](N)C([C@H]3OC(CNCCO)=CC[C@H]3N)[C@@H]2O)OC[C@]1(C)O. The molecule has 16 N–H and O–H groups in total. The second-order valence-electron chi connectivity index (χ2n) is 12.2. The van der Waals surface area contributed by atoms with E-state index in [4.69, 9.17) is 42.3 Å². The summed E-state index contributed by atoms with van der Waals surface area (Å²) in [4.78, 5) is 17.1. The van der Waals surface area contributed by atoms with E-state index < -0.39 is 83.9 Å². The number of amides is 1. The lowest BCUT2D eigenvalue weighted by atomic mass is 9.72. The summed E-state index contributed by atoms with van der Waals surface area (Å²) in [7, 11) is 1.57. The lowest BCUT2D eigenvalue weighted by Gasteiger charge is -2.50. The molecule has 2 aliphatic carbocycles. The Labute approximate surface area is 250 Å². The zero-order valence-corrected chi connectivity index (χ0v) is 24.5. The highest BCUT2D eigenvalue weighted by Crippen LogP contribution is 2.41. The molecule has 0 bridgehead atoms. The van der Waals surface area contributed by atoms with Crippen molar-refractivity contribution in [3.63, 3.8) is 0 Å². The summed E-state index contributed by atoms with van der Waals surface area (Å²) in [6, 6.07) is -3.85. The Morgan fingerprint density at radius 3 is 2.58 bits per heavy atom. The fraction of sp³-hybridized carbons (Fsp3) is 0.846. The molecule has 246 valence electrons. The lowest BCUT2D eigenvalue weighted by Crippen LogP contribution is -2.69. The van der Waals surface area contributed by atoms with E-state index in [2.05, 4.69) is 20.9 Å². The van der Waals surface area contributed by atoms with E-state index in [1.807, 2.05) is 6.08 Å². The molecular formula is C26H48N8O9. The molecule has 43 heavy (non-hydrogen) atoms. The molecule has 1 amide bonds. The first kappa shape index (κ1) is 33.7. The van der Waals surface area contributed by atoms with Gasteiger partial charge in [-0.3, -0.25) is 4.79 Å². The summed E-state index contributed by atoms with van der Waals surface area (Å²) in [5, 5.41) is 62.1. The van der Waals surface area contributed by atoms with Crippen molar-refractivity contribution in [1.29, 1.82) is 0 Å². The maximum atomic E-state index is 13.2. The van der Waals surface area contributed by atoms with Gasteiger partial charge in [0.05, 0.1) is 44.0 Å². The van der Waals surface area contributed by atoms with Gasteiger partial charge in [0.25, 0.3) is 5.91 Å². The Hall–Kier alpha value is -2.16. The van der Waals surface area contributed by atoms with Gasteiger partial charge in [-0.25, -0.2) is 4.99 Å². The number of hydrogen-bond acceptors (Lipinski definition) is 14. The Morgan fingerprint density at radius 1 is 1.21 bits per heavy atom. The summed E-state index contributed by atoms with van der Waals surface area (Å²) in [6.07, 6.45) is -3.59. The molecule has 0 aromatic rings. The van der Waals surface area contributed by atoms with Gasteiger partial charge in [-0.2, -0.15) is 0 Å². The number of carbonyl (C=O) groups excluding carboxylic acids is 1. The average molecular weight is 617 g/mol. The molecule has 0 spiro atoms. The topological polar surface area (TPSA) is 298 Å². The van der Waals surface area contributed by atoms with Crippen LogP contribution < -0.4 is 38.9 Å². The third kappa shape index (κ3) is 7.23. The molecule has 0 aromatic heterocycles. The molecule has 4 aliphatic rings. The fourth-order valence-corrected chi connectivity index (χ4v) is 6.36. The predicted molar refractivity (Wildman–Crippen MR) is 153 cm³/mol. The number of aliphatic hydroxyl groups excluding tert-OH is 3. The van der Waals surface area contributed by atoms with Crippen molar-refractivity contribution in [3.8, 4) is 0 Å². The van der Waals surface area contributed by atoms with E-state index >= 15 is 0 Å². The number of hydrogen-bond donors (Lipinski definition) is 12. The van der Waals surface area contributed by atoms with Gasteiger partial charge in [-0.1, -0.05) is 0 Å². The van der Waals surface area contributed by atoms with Crippen molar-refractivity contribution in [1.82, 2.24) is 16.0 Å². The van der Waals surface area contributed by atoms with Gasteiger partial charge in [-0.05, 0) is 32.9 Å². The largest absolute Gasteiger partial charge is 0.492 e. The summed E-state index contributed by atoms with van der Waals surface area (Å²) in [6.45, 7) is 1.97. The summed E-state index contributed by atoms with van der Waals surface area (Å²) < 4.78 is 18.0. The first-order valence-electron chi connectivity index (χ1n) is 14.6. The predicted octanol–water partition coefficient (Wildman–Crippen LogP) is -6.02. The van der Waals surface area contributed by atoms with E-state index in [0.717, 1.165) is 0 Å². The molecule has 17 heteroatoms. The maximum Gasteiger partial charge on any atom is 0.254 e. The molecule has 2 heterocycles. The van der Waals surface area contributed by atoms with E-state index in [0.29, 0.717) is 25.3 Å². The molecule has 2 saturated carbocycles. The number of nitrogens with one attached hydrogen (secondary N) is 3. The zero-order valence-electron chi connectivity index (χ0n) is 24.5. The second kappa shape index (κ2) is 13.5. The maximum absolute atomic E-state index is 13.2. The van der Waals surface area contributed by atoms with Crippen LogP contribution in [0.25, 0.3) is 0 Å². The highest BCUT2D eigenvalue weighted by Gasteiger charge is 2.61. The van der Waals surface area contributed by atoms with Crippen molar-refractivity contribution >= 4 is 11.9 Å². The van der Waals surface area contributed by atoms with Crippen molar-refractivity contribution in [2.75, 3.05) is 33.4 Å². The average Bonchev–Trinajstić information content (AvgIpc) is 3.58. The minimum atomic E-state index is -1.85. The molecule has 2 aliphatic heterocycles. The highest BCUT2D eigenvalue weighted by atomic mass is 16.7. The first-order valence-corrected chi connectivity index (χ1v) is 14.6. The monoisotopic (exact) mass is 616 g/mol. The standard InChI is InChI=1S/C26H48N8O9/c1-25(39)10-41-22(18(37)21(25)31-2)43-20-14(33-23(38)26(40)8-15(26)34-24(29)30)7-13(28)16(17(20)36)19-12(27)4-3-11(42-19)9-32-5-6-35/h3,12-22,31-32,35-37,39-40H,4-10,27-28H2,1-2H3,(H,33,38)(H4,29,30,34)/t12-,13+,14-,15?,16?,17+,18-,19+,20+,21-,22-,25+,26?/m1/s1. The van der Waals surface area contributed by atoms with Crippen LogP contribution in [0.4, 0.5) is 0 Å². The molecule has 17 nitrogen and oxygen atoms in total. The number of nitrogens with two attached hydrogens (primary N) is 4. The van der Waals surface area contributed by atoms with Crippen molar-refractivity contribution in [2.24, 2.45) is 33.8 Å². The van der Waals surface area contributed by atoms with Gasteiger partial charge in [-0.15, -0.1) is 0 Å². The van der Waals surface area contributed by atoms with E-state index in [1.54, 1.807) is 7.05 Å². The number of guanidine groups is 1. The summed E-state index contributed by atoms with van der Waals surface area (Å²) in [5.41, 5.74) is 20.6. The van der Waals surface area contributed by atoms with Crippen LogP contribution in [0.15, 0.2) is 16.8 Å². The Kier molecular flexibility index (Phi) is 10.6. The quantitative estimate of drug-likeness (QED) is 0.0584. The van der Waals surface area contributed by atoms with Gasteiger partial charge < -0.3 is 78.6 Å². The molecule has 3 unspecified atom stereocenters. The summed E-state index contributed by atoms with van der Waals surface area (Å²) >= 11 is 0. The van der Waals surface area contributed by atoms with E-state index in [9.17, 15) is 25.2 Å². The number of rotatable bonds is 11. The van der Waals surface area contributed by atoms with Gasteiger partial charge in [0.15, 0.2) is 17.9 Å². The molecule has 4 rings (SSSR count). The molecule has 13 atom stereocenters. The number of ether oxygens (including phenoxy) is 3. The minimum Gasteiger partial charge on any atom is -0.492 e. The van der Waals surface area contributed by atoms with Gasteiger partial charge in [0, 0.05) is 31.0 Å². The molecular weight excluding hydrogens is 568 g/mol. The highest BCUT2D eigenvalue weighted by molar-refractivity contribution is 5.90. The van der Waals surface area contributed by atoms with Gasteiger partial charge >= 0.3 is 0 Å². The normalized spacial score (nSPS) is 44.6. The second-order valence-corrected chi connectivity index (χ2v) is 12.2. The minimum absolute atomic E-state index is 0.000211. The molecule has 1 saturated heterocycles. The molecule has 3 fully saturated rings. The molecule has 0 radical (unpaired) electrons.